The molecule has 0 aliphatic carbocycles. The molecule has 2 rings (SSSR count). The molecule has 0 aliphatic heterocycles. The van der Waals surface area contributed by atoms with E-state index in [0.29, 0.717) is 17.1 Å². The summed E-state index contributed by atoms with van der Waals surface area (Å²) in [4.78, 5) is 0. The van der Waals surface area contributed by atoms with Gasteiger partial charge in [0.25, 0.3) is 0 Å². The third-order valence-electron chi connectivity index (χ3n) is 2.09. The van der Waals surface area contributed by atoms with Crippen LogP contribution in [0.1, 0.15) is 5.56 Å². The maximum atomic E-state index is 13.5. The van der Waals surface area contributed by atoms with Gasteiger partial charge in [0.1, 0.15) is 11.6 Å². The topological polar surface area (TPSA) is 54.7 Å². The Bertz CT molecular complexity index is 447. The van der Waals surface area contributed by atoms with Crippen LogP contribution in [0.2, 0.25) is 0 Å². The molecule has 3 nitrogen and oxygen atoms in total. The SMILES string of the molecule is Cc1cccc(F)c1-c1cc(N)n[nH]1.Cl. The maximum Gasteiger partial charge on any atom is 0.145 e. The number of anilines is 1. The second-order valence-corrected chi connectivity index (χ2v) is 3.14. The Morgan fingerprint density at radius 1 is 1.40 bits per heavy atom. The highest BCUT2D eigenvalue weighted by Gasteiger charge is 2.09. The molecule has 0 radical (unpaired) electrons. The number of nitrogens with zero attached hydrogens (tertiary/aromatic N) is 1. The molecule has 0 atom stereocenters. The fraction of sp³-hybridized carbons (Fsp3) is 0.100. The number of nitrogens with one attached hydrogen (secondary N) is 1. The number of aryl methyl sites for hydroxylation is 1. The van der Waals surface area contributed by atoms with Gasteiger partial charge in [0, 0.05) is 11.6 Å². The second-order valence-electron chi connectivity index (χ2n) is 3.14. The van der Waals surface area contributed by atoms with Crippen LogP contribution >= 0.6 is 12.4 Å². The molecule has 0 saturated heterocycles. The van der Waals surface area contributed by atoms with Gasteiger partial charge >= 0.3 is 0 Å². The van der Waals surface area contributed by atoms with Gasteiger partial charge in [-0.15, -0.1) is 12.4 Å². The van der Waals surface area contributed by atoms with Crippen molar-refractivity contribution in [1.82, 2.24) is 10.2 Å². The Balaban J connectivity index is 0.00000112. The number of hydrogen-bond acceptors (Lipinski definition) is 2. The zero-order valence-corrected chi connectivity index (χ0v) is 8.94. The molecule has 0 fully saturated rings. The molecule has 3 N–H and O–H groups in total. The van der Waals surface area contributed by atoms with E-state index in [9.17, 15) is 4.39 Å². The zero-order chi connectivity index (χ0) is 10.1. The second kappa shape index (κ2) is 4.31. The Labute approximate surface area is 92.9 Å². The van der Waals surface area contributed by atoms with Crippen molar-refractivity contribution >= 4 is 18.2 Å². The number of rotatable bonds is 1. The molecular weight excluding hydrogens is 217 g/mol. The normalized spacial score (nSPS) is 9.73. The molecule has 5 heteroatoms. The van der Waals surface area contributed by atoms with Crippen molar-refractivity contribution in [1.29, 1.82) is 0 Å². The molecule has 80 valence electrons. The Hall–Kier alpha value is -1.55. The first-order valence-electron chi connectivity index (χ1n) is 4.25. The molecule has 0 unspecified atom stereocenters. The van der Waals surface area contributed by atoms with Gasteiger partial charge in [0.2, 0.25) is 0 Å². The van der Waals surface area contributed by atoms with Crippen molar-refractivity contribution in [2.75, 3.05) is 5.73 Å². The average Bonchev–Trinajstić information content (AvgIpc) is 2.51. The molecule has 0 bridgehead atoms. The van der Waals surface area contributed by atoms with Gasteiger partial charge in [-0.2, -0.15) is 5.10 Å². The molecule has 0 saturated carbocycles. The summed E-state index contributed by atoms with van der Waals surface area (Å²) in [5, 5.41) is 6.45. The van der Waals surface area contributed by atoms with E-state index in [1.165, 1.54) is 6.07 Å². The van der Waals surface area contributed by atoms with Crippen molar-refractivity contribution in [3.8, 4) is 11.3 Å². The van der Waals surface area contributed by atoms with Gasteiger partial charge in [-0.25, -0.2) is 4.39 Å². The lowest BCUT2D eigenvalue weighted by Gasteiger charge is -2.03. The lowest BCUT2D eigenvalue weighted by molar-refractivity contribution is 0.629. The minimum Gasteiger partial charge on any atom is -0.382 e. The summed E-state index contributed by atoms with van der Waals surface area (Å²) < 4.78 is 13.5. The largest absolute Gasteiger partial charge is 0.382 e. The third kappa shape index (κ3) is 2.10. The van der Waals surface area contributed by atoms with E-state index in [1.807, 2.05) is 13.0 Å². The number of benzene rings is 1. The van der Waals surface area contributed by atoms with E-state index in [0.717, 1.165) is 5.56 Å². The fourth-order valence-corrected chi connectivity index (χ4v) is 1.44. The van der Waals surface area contributed by atoms with Gasteiger partial charge in [-0.3, -0.25) is 5.10 Å². The van der Waals surface area contributed by atoms with Crippen molar-refractivity contribution in [3.63, 3.8) is 0 Å². The van der Waals surface area contributed by atoms with Crippen molar-refractivity contribution in [3.05, 3.63) is 35.6 Å². The first-order valence-corrected chi connectivity index (χ1v) is 4.25. The number of aromatic nitrogens is 2. The summed E-state index contributed by atoms with van der Waals surface area (Å²) in [5.74, 6) is 0.0938. The smallest absolute Gasteiger partial charge is 0.145 e. The molecule has 1 aromatic heterocycles. The fourth-order valence-electron chi connectivity index (χ4n) is 1.44. The highest BCUT2D eigenvalue weighted by atomic mass is 35.5. The molecule has 0 aliphatic rings. The van der Waals surface area contributed by atoms with Crippen LogP contribution in [0.4, 0.5) is 10.2 Å². The Kier molecular flexibility index (Phi) is 3.31. The van der Waals surface area contributed by atoms with E-state index in [-0.39, 0.29) is 18.2 Å². The highest BCUT2D eigenvalue weighted by molar-refractivity contribution is 5.85. The Morgan fingerprint density at radius 3 is 2.67 bits per heavy atom. The lowest BCUT2D eigenvalue weighted by Crippen LogP contribution is -1.88. The third-order valence-corrected chi connectivity index (χ3v) is 2.09. The molecule has 1 aromatic carbocycles. The molecular formula is C10H11ClFN3. The van der Waals surface area contributed by atoms with Gasteiger partial charge in [0.15, 0.2) is 0 Å². The Morgan fingerprint density at radius 2 is 2.13 bits per heavy atom. The van der Waals surface area contributed by atoms with E-state index in [1.54, 1.807) is 12.1 Å². The van der Waals surface area contributed by atoms with Crippen LogP contribution in [0.3, 0.4) is 0 Å². The number of hydrogen-bond donors (Lipinski definition) is 2. The van der Waals surface area contributed by atoms with Gasteiger partial charge in [-0.1, -0.05) is 12.1 Å². The van der Waals surface area contributed by atoms with E-state index in [2.05, 4.69) is 10.2 Å². The predicted molar refractivity (Wildman–Crippen MR) is 60.4 cm³/mol. The lowest BCUT2D eigenvalue weighted by atomic mass is 10.1. The molecule has 15 heavy (non-hydrogen) atoms. The predicted octanol–water partition coefficient (Wildman–Crippen LogP) is 2.53. The van der Waals surface area contributed by atoms with Crippen molar-refractivity contribution in [2.24, 2.45) is 0 Å². The summed E-state index contributed by atoms with van der Waals surface area (Å²) in [6.07, 6.45) is 0. The van der Waals surface area contributed by atoms with E-state index in [4.69, 9.17) is 5.73 Å². The van der Waals surface area contributed by atoms with Crippen molar-refractivity contribution < 1.29 is 4.39 Å². The minimum atomic E-state index is -0.270. The van der Waals surface area contributed by atoms with Crippen LogP contribution in [0.5, 0.6) is 0 Å². The maximum absolute atomic E-state index is 13.5. The van der Waals surface area contributed by atoms with Gasteiger partial charge < -0.3 is 5.73 Å². The summed E-state index contributed by atoms with van der Waals surface area (Å²) in [6.45, 7) is 1.84. The average molecular weight is 228 g/mol. The summed E-state index contributed by atoms with van der Waals surface area (Å²) in [6, 6.07) is 6.55. The van der Waals surface area contributed by atoms with Crippen LogP contribution in [-0.2, 0) is 0 Å². The highest BCUT2D eigenvalue weighted by Crippen LogP contribution is 2.25. The van der Waals surface area contributed by atoms with Crippen LogP contribution < -0.4 is 5.73 Å². The molecule has 0 amide bonds. The number of aromatic amines is 1. The van der Waals surface area contributed by atoms with Gasteiger partial charge in [0.05, 0.1) is 5.69 Å². The molecule has 2 aromatic rings. The summed E-state index contributed by atoms with van der Waals surface area (Å²) in [7, 11) is 0. The standard InChI is InChI=1S/C10H10FN3.ClH/c1-6-3-2-4-7(11)10(6)8-5-9(12)14-13-8;/h2-5H,1H3,(H3,12,13,14);1H. The monoisotopic (exact) mass is 227 g/mol. The van der Waals surface area contributed by atoms with Crippen LogP contribution in [0, 0.1) is 12.7 Å². The number of nitrogens with two attached hydrogens (primary N) is 1. The van der Waals surface area contributed by atoms with Gasteiger partial charge in [-0.05, 0) is 18.6 Å². The zero-order valence-electron chi connectivity index (χ0n) is 8.12. The summed E-state index contributed by atoms with van der Waals surface area (Å²) >= 11 is 0. The van der Waals surface area contributed by atoms with E-state index >= 15 is 0 Å². The molecule has 1 heterocycles. The van der Waals surface area contributed by atoms with Crippen molar-refractivity contribution in [2.45, 2.75) is 6.92 Å². The summed E-state index contributed by atoms with van der Waals surface area (Å²) in [5.41, 5.74) is 7.44. The quantitative estimate of drug-likeness (QED) is 0.787. The minimum absolute atomic E-state index is 0. The first kappa shape index (κ1) is 11.5. The van der Waals surface area contributed by atoms with Crippen LogP contribution in [0.15, 0.2) is 24.3 Å². The van der Waals surface area contributed by atoms with Crippen LogP contribution in [-0.4, -0.2) is 10.2 Å². The molecule has 0 spiro atoms. The first-order chi connectivity index (χ1) is 6.68. The number of nitrogen functional groups attached to an aromatic ring is 1. The number of H-pyrrole nitrogens is 1. The van der Waals surface area contributed by atoms with Crippen LogP contribution in [0.25, 0.3) is 11.3 Å². The number of halogens is 2. The van der Waals surface area contributed by atoms with E-state index < -0.39 is 0 Å².